The molecule has 1 aliphatic rings. The first-order valence-electron chi connectivity index (χ1n) is 6.85. The van der Waals surface area contributed by atoms with Crippen LogP contribution in [0.4, 0.5) is 0 Å². The van der Waals surface area contributed by atoms with Crippen molar-refractivity contribution in [3.63, 3.8) is 0 Å². The minimum absolute atomic E-state index is 0.166. The summed E-state index contributed by atoms with van der Waals surface area (Å²) in [7, 11) is 0. The molecule has 2 aromatic heterocycles. The molecule has 0 aromatic carbocycles. The van der Waals surface area contributed by atoms with Gasteiger partial charge in [0.2, 0.25) is 0 Å². The SMILES string of the molecule is Cc1nc2ccccn2c1CNC1CCCC1C#N. The maximum Gasteiger partial charge on any atom is 0.137 e. The van der Waals surface area contributed by atoms with Crippen LogP contribution in [0, 0.1) is 24.2 Å². The van der Waals surface area contributed by atoms with Crippen LogP contribution in [-0.4, -0.2) is 15.4 Å². The summed E-state index contributed by atoms with van der Waals surface area (Å²) in [6, 6.07) is 8.78. The van der Waals surface area contributed by atoms with E-state index in [1.54, 1.807) is 0 Å². The molecular formula is C15H18N4. The molecule has 0 radical (unpaired) electrons. The molecule has 0 amide bonds. The molecule has 2 aromatic rings. The zero-order valence-corrected chi connectivity index (χ0v) is 11.1. The van der Waals surface area contributed by atoms with Crippen molar-refractivity contribution in [2.75, 3.05) is 0 Å². The smallest absolute Gasteiger partial charge is 0.137 e. The van der Waals surface area contributed by atoms with Gasteiger partial charge in [-0.3, -0.25) is 0 Å². The summed E-state index contributed by atoms with van der Waals surface area (Å²) in [5.74, 6) is 0.166. The summed E-state index contributed by atoms with van der Waals surface area (Å²) >= 11 is 0. The quantitative estimate of drug-likeness (QED) is 0.915. The van der Waals surface area contributed by atoms with E-state index in [1.165, 1.54) is 5.69 Å². The van der Waals surface area contributed by atoms with Gasteiger partial charge < -0.3 is 9.72 Å². The van der Waals surface area contributed by atoms with E-state index >= 15 is 0 Å². The molecule has 1 N–H and O–H groups in total. The third-order valence-electron chi connectivity index (χ3n) is 4.04. The van der Waals surface area contributed by atoms with Gasteiger partial charge in [0.05, 0.1) is 23.4 Å². The van der Waals surface area contributed by atoms with Crippen molar-refractivity contribution in [1.82, 2.24) is 14.7 Å². The van der Waals surface area contributed by atoms with E-state index in [-0.39, 0.29) is 5.92 Å². The number of aromatic nitrogens is 2. The maximum absolute atomic E-state index is 9.11. The van der Waals surface area contributed by atoms with Crippen LogP contribution in [0.25, 0.3) is 5.65 Å². The van der Waals surface area contributed by atoms with Gasteiger partial charge >= 0.3 is 0 Å². The van der Waals surface area contributed by atoms with E-state index in [4.69, 9.17) is 5.26 Å². The van der Waals surface area contributed by atoms with E-state index in [9.17, 15) is 0 Å². The van der Waals surface area contributed by atoms with Gasteiger partial charge in [0.15, 0.2) is 0 Å². The van der Waals surface area contributed by atoms with Crippen LogP contribution in [-0.2, 0) is 6.54 Å². The second kappa shape index (κ2) is 5.02. The average Bonchev–Trinajstić information content (AvgIpc) is 2.99. The predicted molar refractivity (Wildman–Crippen MR) is 73.5 cm³/mol. The minimum Gasteiger partial charge on any atom is -0.307 e. The molecule has 1 fully saturated rings. The van der Waals surface area contributed by atoms with Gasteiger partial charge in [0.25, 0.3) is 0 Å². The lowest BCUT2D eigenvalue weighted by Crippen LogP contribution is -2.31. The fourth-order valence-electron chi connectivity index (χ4n) is 2.96. The molecule has 0 aliphatic heterocycles. The number of nitriles is 1. The minimum atomic E-state index is 0.166. The van der Waals surface area contributed by atoms with Gasteiger partial charge in [-0.05, 0) is 31.9 Å². The second-order valence-corrected chi connectivity index (χ2v) is 5.23. The van der Waals surface area contributed by atoms with Crippen molar-refractivity contribution in [1.29, 1.82) is 5.26 Å². The lowest BCUT2D eigenvalue weighted by Gasteiger charge is -2.15. The highest BCUT2D eigenvalue weighted by molar-refractivity contribution is 5.42. The van der Waals surface area contributed by atoms with E-state index in [2.05, 4.69) is 20.8 Å². The van der Waals surface area contributed by atoms with Gasteiger partial charge in [0, 0.05) is 18.8 Å². The van der Waals surface area contributed by atoms with Gasteiger partial charge in [-0.15, -0.1) is 0 Å². The topological polar surface area (TPSA) is 53.1 Å². The maximum atomic E-state index is 9.11. The van der Waals surface area contributed by atoms with Crippen molar-refractivity contribution >= 4 is 5.65 Å². The predicted octanol–water partition coefficient (Wildman–Crippen LogP) is 2.42. The Bertz CT molecular complexity index is 623. The Hall–Kier alpha value is -1.86. The Morgan fingerprint density at radius 3 is 3.21 bits per heavy atom. The fraction of sp³-hybridized carbons (Fsp3) is 0.467. The Labute approximate surface area is 113 Å². The monoisotopic (exact) mass is 254 g/mol. The van der Waals surface area contributed by atoms with Crippen molar-refractivity contribution < 1.29 is 0 Å². The first-order valence-corrected chi connectivity index (χ1v) is 6.85. The normalized spacial score (nSPS) is 22.7. The van der Waals surface area contributed by atoms with E-state index in [0.29, 0.717) is 6.04 Å². The molecule has 3 rings (SSSR count). The van der Waals surface area contributed by atoms with Crippen LogP contribution in [0.5, 0.6) is 0 Å². The zero-order chi connectivity index (χ0) is 13.2. The average molecular weight is 254 g/mol. The van der Waals surface area contributed by atoms with Crippen molar-refractivity contribution in [3.05, 3.63) is 35.8 Å². The molecular weight excluding hydrogens is 236 g/mol. The standard InChI is InChI=1S/C15H18N4/c1-11-14(19-8-3-2-7-15(19)18-11)10-17-13-6-4-5-12(13)9-16/h2-3,7-8,12-13,17H,4-6,10H2,1H3. The Balaban J connectivity index is 1.79. The highest BCUT2D eigenvalue weighted by atomic mass is 15.0. The van der Waals surface area contributed by atoms with Crippen LogP contribution in [0.3, 0.4) is 0 Å². The van der Waals surface area contributed by atoms with Crippen LogP contribution in [0.15, 0.2) is 24.4 Å². The number of fused-ring (bicyclic) bond motifs is 1. The molecule has 4 heteroatoms. The molecule has 2 unspecified atom stereocenters. The number of hydrogen-bond donors (Lipinski definition) is 1. The second-order valence-electron chi connectivity index (χ2n) is 5.23. The molecule has 2 heterocycles. The molecule has 4 nitrogen and oxygen atoms in total. The molecule has 0 saturated heterocycles. The first kappa shape index (κ1) is 12.2. The van der Waals surface area contributed by atoms with Crippen LogP contribution in [0.2, 0.25) is 0 Å². The Morgan fingerprint density at radius 1 is 1.47 bits per heavy atom. The number of imidazole rings is 1. The molecule has 98 valence electrons. The number of pyridine rings is 1. The fourth-order valence-corrected chi connectivity index (χ4v) is 2.96. The lowest BCUT2D eigenvalue weighted by molar-refractivity contribution is 0.460. The third kappa shape index (κ3) is 2.22. The lowest BCUT2D eigenvalue weighted by atomic mass is 10.1. The summed E-state index contributed by atoms with van der Waals surface area (Å²) in [6.45, 7) is 2.82. The van der Waals surface area contributed by atoms with Crippen LogP contribution in [0.1, 0.15) is 30.7 Å². The number of nitrogens with one attached hydrogen (secondary N) is 1. The molecule has 1 aliphatic carbocycles. The molecule has 2 atom stereocenters. The van der Waals surface area contributed by atoms with E-state index < -0.39 is 0 Å². The van der Waals surface area contributed by atoms with Gasteiger partial charge in [-0.2, -0.15) is 5.26 Å². The zero-order valence-electron chi connectivity index (χ0n) is 11.1. The first-order chi connectivity index (χ1) is 9.29. The van der Waals surface area contributed by atoms with Crippen LogP contribution >= 0.6 is 0 Å². The van der Waals surface area contributed by atoms with Crippen molar-refractivity contribution in [2.45, 2.75) is 38.8 Å². The number of aryl methyl sites for hydroxylation is 1. The number of nitrogens with zero attached hydrogens (tertiary/aromatic N) is 3. The van der Waals surface area contributed by atoms with E-state index in [1.807, 2.05) is 31.3 Å². The van der Waals surface area contributed by atoms with Crippen molar-refractivity contribution in [2.24, 2.45) is 5.92 Å². The summed E-state index contributed by atoms with van der Waals surface area (Å²) in [5, 5.41) is 12.6. The molecule has 1 saturated carbocycles. The molecule has 19 heavy (non-hydrogen) atoms. The largest absolute Gasteiger partial charge is 0.307 e. The van der Waals surface area contributed by atoms with Gasteiger partial charge in [-0.25, -0.2) is 4.98 Å². The summed E-state index contributed by atoms with van der Waals surface area (Å²) in [6.07, 6.45) is 5.33. The highest BCUT2D eigenvalue weighted by Gasteiger charge is 2.26. The van der Waals surface area contributed by atoms with Crippen molar-refractivity contribution in [3.8, 4) is 6.07 Å². The third-order valence-corrected chi connectivity index (χ3v) is 4.04. The summed E-state index contributed by atoms with van der Waals surface area (Å²) < 4.78 is 2.12. The Kier molecular flexibility index (Phi) is 3.22. The number of rotatable bonds is 3. The van der Waals surface area contributed by atoms with Gasteiger partial charge in [-0.1, -0.05) is 12.5 Å². The van der Waals surface area contributed by atoms with Gasteiger partial charge in [0.1, 0.15) is 5.65 Å². The summed E-state index contributed by atoms with van der Waals surface area (Å²) in [4.78, 5) is 4.56. The molecule has 0 bridgehead atoms. The summed E-state index contributed by atoms with van der Waals surface area (Å²) in [5.41, 5.74) is 3.24. The van der Waals surface area contributed by atoms with Crippen LogP contribution < -0.4 is 5.32 Å². The Morgan fingerprint density at radius 2 is 2.37 bits per heavy atom. The van der Waals surface area contributed by atoms with E-state index in [0.717, 1.165) is 37.1 Å². The highest BCUT2D eigenvalue weighted by Crippen LogP contribution is 2.25. The molecule has 0 spiro atoms. The number of hydrogen-bond acceptors (Lipinski definition) is 3.